The Balaban J connectivity index is 3.31. The topological polar surface area (TPSA) is 161 Å². The SMILES string of the molecule is O=C([O-])C(=Cc1cccc(C=C(C(=O)[O-])C(=O)[O-])c1)C(=O)[O-]. The summed E-state index contributed by atoms with van der Waals surface area (Å²) in [5.41, 5.74) is -2.15. The lowest BCUT2D eigenvalue weighted by Crippen LogP contribution is -2.36. The molecule has 0 aliphatic rings. The fraction of sp³-hybridized carbons (Fsp3) is 0. The third kappa shape index (κ3) is 4.30. The molecule has 0 heterocycles. The minimum absolute atomic E-state index is 0.0493. The third-order valence-electron chi connectivity index (χ3n) is 2.41. The largest absolute Gasteiger partial charge is 0.545 e. The lowest BCUT2D eigenvalue weighted by molar-refractivity contribution is -0.314. The molecule has 0 bridgehead atoms. The molecule has 0 unspecified atom stereocenters. The minimum Gasteiger partial charge on any atom is -0.545 e. The quantitative estimate of drug-likeness (QED) is 0.288. The number of carbonyl (C=O) groups excluding carboxylic acids is 4. The molecule has 8 heteroatoms. The van der Waals surface area contributed by atoms with Crippen molar-refractivity contribution in [2.24, 2.45) is 0 Å². The molecular weight excluding hydrogens is 296 g/mol. The number of hydrogen-bond donors (Lipinski definition) is 0. The zero-order chi connectivity index (χ0) is 16.9. The van der Waals surface area contributed by atoms with Crippen molar-refractivity contribution < 1.29 is 39.6 Å². The highest BCUT2D eigenvalue weighted by atomic mass is 16.4. The summed E-state index contributed by atoms with van der Waals surface area (Å²) in [5, 5.41) is 42.4. The van der Waals surface area contributed by atoms with E-state index in [1.54, 1.807) is 0 Å². The molecule has 1 aromatic carbocycles. The molecule has 0 atom stereocenters. The van der Waals surface area contributed by atoms with E-state index in [1.807, 2.05) is 0 Å². The van der Waals surface area contributed by atoms with Gasteiger partial charge in [-0.1, -0.05) is 18.2 Å². The van der Waals surface area contributed by atoms with Crippen molar-refractivity contribution in [3.63, 3.8) is 0 Å². The van der Waals surface area contributed by atoms with Crippen molar-refractivity contribution in [3.8, 4) is 0 Å². The molecule has 0 spiro atoms. The van der Waals surface area contributed by atoms with Crippen LogP contribution in [0.2, 0.25) is 0 Å². The molecule has 114 valence electrons. The third-order valence-corrected chi connectivity index (χ3v) is 2.41. The van der Waals surface area contributed by atoms with Crippen LogP contribution >= 0.6 is 0 Å². The predicted molar refractivity (Wildman–Crippen MR) is 62.4 cm³/mol. The number of hydrogen-bond acceptors (Lipinski definition) is 8. The number of carboxylic acids is 4. The van der Waals surface area contributed by atoms with E-state index in [1.165, 1.54) is 18.2 Å². The van der Waals surface area contributed by atoms with Crippen LogP contribution in [-0.2, 0) is 19.2 Å². The van der Waals surface area contributed by atoms with Gasteiger partial charge in [0, 0.05) is 11.1 Å². The monoisotopic (exact) mass is 302 g/mol. The van der Waals surface area contributed by atoms with Crippen molar-refractivity contribution in [1.82, 2.24) is 0 Å². The average Bonchev–Trinajstić information content (AvgIpc) is 2.41. The van der Waals surface area contributed by atoms with Crippen LogP contribution in [0.25, 0.3) is 12.2 Å². The van der Waals surface area contributed by atoms with Crippen LogP contribution in [0.4, 0.5) is 0 Å². The molecule has 0 fully saturated rings. The number of rotatable bonds is 6. The maximum absolute atomic E-state index is 10.6. The molecular formula is C14H6O8-4. The first-order chi connectivity index (χ1) is 10.2. The first kappa shape index (κ1) is 16.6. The van der Waals surface area contributed by atoms with Gasteiger partial charge in [-0.2, -0.15) is 0 Å². The van der Waals surface area contributed by atoms with E-state index in [0.717, 1.165) is 18.2 Å². The Bertz CT molecular complexity index is 622. The van der Waals surface area contributed by atoms with Crippen molar-refractivity contribution in [2.75, 3.05) is 0 Å². The summed E-state index contributed by atoms with van der Waals surface area (Å²) in [5.74, 6) is -7.87. The second-order valence-electron chi connectivity index (χ2n) is 3.94. The fourth-order valence-corrected chi connectivity index (χ4v) is 1.47. The minimum atomic E-state index is -1.97. The summed E-state index contributed by atoms with van der Waals surface area (Å²) >= 11 is 0. The van der Waals surface area contributed by atoms with Gasteiger partial charge >= 0.3 is 0 Å². The Morgan fingerprint density at radius 2 is 1.00 bits per heavy atom. The van der Waals surface area contributed by atoms with Gasteiger partial charge in [-0.25, -0.2) is 0 Å². The number of carbonyl (C=O) groups is 4. The molecule has 0 amide bonds. The van der Waals surface area contributed by atoms with Gasteiger partial charge in [0.2, 0.25) is 0 Å². The van der Waals surface area contributed by atoms with Crippen LogP contribution in [0.5, 0.6) is 0 Å². The summed E-state index contributed by atoms with van der Waals surface area (Å²) in [6.07, 6.45) is 1.44. The first-order valence-corrected chi connectivity index (χ1v) is 5.61. The number of benzene rings is 1. The number of aliphatic carboxylic acids is 4. The maximum atomic E-state index is 10.6. The van der Waals surface area contributed by atoms with Crippen molar-refractivity contribution in [1.29, 1.82) is 0 Å². The van der Waals surface area contributed by atoms with Crippen LogP contribution in [0.3, 0.4) is 0 Å². The Kier molecular flexibility index (Phi) is 5.17. The van der Waals surface area contributed by atoms with Crippen LogP contribution < -0.4 is 20.4 Å². The smallest absolute Gasteiger partial charge is 0.0733 e. The van der Waals surface area contributed by atoms with Gasteiger partial charge in [0.05, 0.1) is 23.9 Å². The van der Waals surface area contributed by atoms with Gasteiger partial charge in [0.15, 0.2) is 0 Å². The van der Waals surface area contributed by atoms with Crippen molar-refractivity contribution in [2.45, 2.75) is 0 Å². The molecule has 0 aromatic heterocycles. The van der Waals surface area contributed by atoms with Crippen molar-refractivity contribution >= 4 is 36.0 Å². The van der Waals surface area contributed by atoms with Crippen molar-refractivity contribution in [3.05, 3.63) is 46.5 Å². The van der Waals surface area contributed by atoms with Crippen LogP contribution in [0, 0.1) is 0 Å². The lowest BCUT2D eigenvalue weighted by atomic mass is 10.1. The molecule has 0 aliphatic carbocycles. The van der Waals surface area contributed by atoms with E-state index in [2.05, 4.69) is 0 Å². The Hall–Kier alpha value is -3.42. The van der Waals surface area contributed by atoms with Crippen LogP contribution in [0.1, 0.15) is 11.1 Å². The Labute approximate surface area is 123 Å². The predicted octanol–water partition coefficient (Wildman–Crippen LogP) is -4.55. The second-order valence-corrected chi connectivity index (χ2v) is 3.94. The molecule has 0 saturated carbocycles. The number of carboxylic acid groups (broad SMARTS) is 4. The lowest BCUT2D eigenvalue weighted by Gasteiger charge is -2.11. The summed E-state index contributed by atoms with van der Waals surface area (Å²) in [4.78, 5) is 42.4. The zero-order valence-electron chi connectivity index (χ0n) is 10.7. The van der Waals surface area contributed by atoms with E-state index in [-0.39, 0.29) is 11.1 Å². The highest BCUT2D eigenvalue weighted by Gasteiger charge is 2.03. The maximum Gasteiger partial charge on any atom is 0.0733 e. The summed E-state index contributed by atoms with van der Waals surface area (Å²) < 4.78 is 0. The highest BCUT2D eigenvalue weighted by Crippen LogP contribution is 2.13. The summed E-state index contributed by atoms with van der Waals surface area (Å²) in [6.45, 7) is 0. The molecule has 1 aromatic rings. The van der Waals surface area contributed by atoms with E-state index in [9.17, 15) is 39.6 Å². The van der Waals surface area contributed by atoms with E-state index < -0.39 is 35.0 Å². The van der Waals surface area contributed by atoms with E-state index >= 15 is 0 Å². The summed E-state index contributed by atoms with van der Waals surface area (Å²) in [6, 6.07) is 5.08. The highest BCUT2D eigenvalue weighted by molar-refractivity contribution is 6.15. The first-order valence-electron chi connectivity index (χ1n) is 5.61. The fourth-order valence-electron chi connectivity index (χ4n) is 1.47. The van der Waals surface area contributed by atoms with Crippen LogP contribution in [0.15, 0.2) is 35.4 Å². The van der Waals surface area contributed by atoms with Gasteiger partial charge < -0.3 is 39.6 Å². The second kappa shape index (κ2) is 6.84. The molecule has 0 saturated heterocycles. The Morgan fingerprint density at radius 1 is 0.682 bits per heavy atom. The summed E-state index contributed by atoms with van der Waals surface area (Å²) in [7, 11) is 0. The zero-order valence-corrected chi connectivity index (χ0v) is 10.7. The standard InChI is InChI=1S/C14H10O8/c15-11(16)9(12(17)18)5-7-2-1-3-8(4-7)6-10(13(19)20)14(21)22/h1-6H,(H,15,16)(H,17,18)(H,19,20)(H,21,22)/p-4. The Morgan fingerprint density at radius 3 is 1.27 bits per heavy atom. The molecule has 0 N–H and O–H groups in total. The van der Waals surface area contributed by atoms with Gasteiger partial charge in [0.25, 0.3) is 0 Å². The molecule has 0 aliphatic heterocycles. The van der Waals surface area contributed by atoms with Gasteiger partial charge in [-0.05, 0) is 29.3 Å². The average molecular weight is 302 g/mol. The van der Waals surface area contributed by atoms with Crippen LogP contribution in [-0.4, -0.2) is 23.9 Å². The van der Waals surface area contributed by atoms with Gasteiger partial charge in [-0.15, -0.1) is 0 Å². The molecule has 0 radical (unpaired) electrons. The molecule has 1 rings (SSSR count). The van der Waals surface area contributed by atoms with E-state index in [0.29, 0.717) is 0 Å². The van der Waals surface area contributed by atoms with E-state index in [4.69, 9.17) is 0 Å². The molecule has 22 heavy (non-hydrogen) atoms. The normalized spacial score (nSPS) is 9.45. The molecule has 8 nitrogen and oxygen atoms in total. The van der Waals surface area contributed by atoms with Gasteiger partial charge in [-0.3, -0.25) is 0 Å². The van der Waals surface area contributed by atoms with Gasteiger partial charge in [0.1, 0.15) is 0 Å².